The summed E-state index contributed by atoms with van der Waals surface area (Å²) in [6.45, 7) is 4.21. The van der Waals surface area contributed by atoms with Crippen LogP contribution in [0.25, 0.3) is 5.20 Å². The first kappa shape index (κ1) is 18.1. The van der Waals surface area contributed by atoms with Crippen molar-refractivity contribution >= 4 is 24.4 Å². The maximum atomic E-state index is 11.5. The molecular weight excluding hydrogens is 392 g/mol. The van der Waals surface area contributed by atoms with Gasteiger partial charge in [-0.15, -0.1) is 0 Å². The van der Waals surface area contributed by atoms with Gasteiger partial charge in [-0.05, 0) is 0 Å². The van der Waals surface area contributed by atoms with Crippen LogP contribution in [0, 0.1) is 0 Å². The normalized spacial score (nSPS) is 20.4. The van der Waals surface area contributed by atoms with Gasteiger partial charge in [0.05, 0.1) is 0 Å². The molecule has 1 aromatic rings. The van der Waals surface area contributed by atoms with Gasteiger partial charge in [0.1, 0.15) is 0 Å². The fourth-order valence-corrected chi connectivity index (χ4v) is 7.84. The van der Waals surface area contributed by atoms with Gasteiger partial charge in [0.2, 0.25) is 0 Å². The molecular formula is C13H14Cl2NO2SiZr. The molecule has 1 atom stereocenters. The van der Waals surface area contributed by atoms with Crippen molar-refractivity contribution in [1.29, 1.82) is 0 Å². The van der Waals surface area contributed by atoms with E-state index in [0.717, 1.165) is 5.70 Å². The van der Waals surface area contributed by atoms with E-state index in [0.29, 0.717) is 3.63 Å². The van der Waals surface area contributed by atoms with E-state index in [2.05, 4.69) is 36.6 Å². The Labute approximate surface area is 146 Å². The second-order valence-electron chi connectivity index (χ2n) is 5.32. The number of carbonyl (C=O) groups excluding carboxylic acids is 1. The van der Waals surface area contributed by atoms with E-state index in [-0.39, 0.29) is 30.7 Å². The zero-order chi connectivity index (χ0) is 13.1. The van der Waals surface area contributed by atoms with Crippen molar-refractivity contribution in [3.63, 3.8) is 0 Å². The summed E-state index contributed by atoms with van der Waals surface area (Å²) in [5.74, 6) is -0.295. The van der Waals surface area contributed by atoms with Crippen LogP contribution in [0.3, 0.4) is 0 Å². The Morgan fingerprint density at radius 1 is 1.40 bits per heavy atom. The summed E-state index contributed by atoms with van der Waals surface area (Å²) in [5.41, 5.74) is 3.82. The van der Waals surface area contributed by atoms with Crippen LogP contribution >= 0.6 is 0 Å². The van der Waals surface area contributed by atoms with Crippen LogP contribution < -0.4 is 35.3 Å². The van der Waals surface area contributed by atoms with E-state index < -0.39 is 14.7 Å². The molecule has 0 radical (unpaired) electrons. The van der Waals surface area contributed by atoms with Gasteiger partial charge >= 0.3 is 123 Å². The number of halogens is 2. The van der Waals surface area contributed by atoms with E-state index in [1.54, 1.807) is 0 Å². The van der Waals surface area contributed by atoms with Crippen molar-refractivity contribution in [2.45, 2.75) is 16.7 Å². The van der Waals surface area contributed by atoms with Crippen LogP contribution in [-0.2, 0) is 29.5 Å². The Kier molecular flexibility index (Phi) is 5.49. The molecule has 0 spiro atoms. The topological polar surface area (TPSA) is 49.3 Å². The smallest absolute Gasteiger partial charge is 1.00 e. The molecule has 1 aliphatic heterocycles. The minimum atomic E-state index is -1.54. The molecule has 0 aromatic heterocycles. The summed E-state index contributed by atoms with van der Waals surface area (Å²) in [7, 11) is -1.54. The molecule has 0 fully saturated rings. The summed E-state index contributed by atoms with van der Waals surface area (Å²) in [6, 6.07) is 6.53. The number of benzene rings is 1. The van der Waals surface area contributed by atoms with Crippen LogP contribution in [0.4, 0.5) is 0 Å². The Morgan fingerprint density at radius 2 is 2.05 bits per heavy atom. The van der Waals surface area contributed by atoms with Crippen LogP contribution in [0.15, 0.2) is 23.9 Å². The van der Waals surface area contributed by atoms with E-state index in [1.165, 1.54) is 46.2 Å². The summed E-state index contributed by atoms with van der Waals surface area (Å²) in [4.78, 5) is 11.5. The summed E-state index contributed by atoms with van der Waals surface area (Å²) in [6.07, 6.45) is 0. The van der Waals surface area contributed by atoms with Crippen LogP contribution in [0.5, 0.6) is 0 Å². The largest absolute Gasteiger partial charge is 1.00 e. The van der Waals surface area contributed by atoms with E-state index >= 15 is 0 Å². The van der Waals surface area contributed by atoms with Crippen LogP contribution in [-0.4, -0.2) is 25.7 Å². The monoisotopic (exact) mass is 404 g/mol. The molecule has 0 bridgehead atoms. The molecule has 1 aromatic carbocycles. The van der Waals surface area contributed by atoms with Gasteiger partial charge in [-0.1, -0.05) is 0 Å². The molecule has 1 unspecified atom stereocenters. The van der Waals surface area contributed by atoms with Crippen molar-refractivity contribution in [2.24, 2.45) is 0 Å². The third-order valence-corrected chi connectivity index (χ3v) is 8.94. The quantitative estimate of drug-likeness (QED) is 0.482. The van der Waals surface area contributed by atoms with Crippen molar-refractivity contribution in [2.75, 3.05) is 6.61 Å². The van der Waals surface area contributed by atoms with Gasteiger partial charge < -0.3 is 24.8 Å². The number of rotatable bonds is 2. The first-order chi connectivity index (χ1) is 8.48. The number of aliphatic hydroxyl groups excluding tert-OH is 1. The van der Waals surface area contributed by atoms with Gasteiger partial charge in [0, 0.05) is 0 Å². The van der Waals surface area contributed by atoms with Gasteiger partial charge in [-0.25, -0.2) is 0 Å². The number of carbonyl (C=O) groups is 1. The van der Waals surface area contributed by atoms with Crippen LogP contribution in [0.1, 0.15) is 14.8 Å². The maximum absolute atomic E-state index is 11.5. The molecule has 105 valence electrons. The maximum Gasteiger partial charge on any atom is -1.00 e. The molecule has 2 N–H and O–H groups in total. The number of nitrogens with one attached hydrogen (secondary N) is 1. The van der Waals surface area contributed by atoms with Crippen molar-refractivity contribution in [3.05, 3.63) is 35.0 Å². The fourth-order valence-electron chi connectivity index (χ4n) is 3.09. The molecule has 1 heterocycles. The summed E-state index contributed by atoms with van der Waals surface area (Å²) >= 11 is 1.39. The standard InChI is InChI=1S/C13H14NO2Si.2ClH.Zr/c1-17(2)10-5-3-4-8-6-9(13(17)12(8)10)14-11(16)7-15;;;/h3-6,15H,7H2,1-2H3,(H,14,16);2*1H;/q;;;+2/p-2. The predicted molar refractivity (Wildman–Crippen MR) is 68.4 cm³/mol. The molecule has 0 saturated heterocycles. The molecule has 3 nitrogen and oxygen atoms in total. The van der Waals surface area contributed by atoms with E-state index in [4.69, 9.17) is 5.11 Å². The Morgan fingerprint density at radius 3 is 2.65 bits per heavy atom. The summed E-state index contributed by atoms with van der Waals surface area (Å²) in [5, 5.41) is 14.7. The number of amides is 1. The Bertz CT molecular complexity index is 604. The number of aliphatic hydroxyl groups is 1. The number of hydrogen-bond acceptors (Lipinski definition) is 2. The Balaban J connectivity index is 0.000001000. The molecule has 20 heavy (non-hydrogen) atoms. The average Bonchev–Trinajstić information content (AvgIpc) is 2.63. The van der Waals surface area contributed by atoms with E-state index in [1.807, 2.05) is 0 Å². The van der Waals surface area contributed by atoms with Gasteiger partial charge in [0.15, 0.2) is 0 Å². The first-order valence-corrected chi connectivity index (χ1v) is 10.4. The third kappa shape index (κ3) is 2.28. The fraction of sp³-hybridized carbons (Fsp3) is 0.308. The zero-order valence-electron chi connectivity index (χ0n) is 11.1. The molecule has 1 aliphatic carbocycles. The average molecular weight is 406 g/mol. The van der Waals surface area contributed by atoms with Crippen molar-refractivity contribution in [3.8, 4) is 0 Å². The number of allylic oxidation sites excluding steroid dienone is 1. The van der Waals surface area contributed by atoms with E-state index in [9.17, 15) is 4.79 Å². The molecule has 2 aliphatic rings. The minimum absolute atomic E-state index is 0. The summed E-state index contributed by atoms with van der Waals surface area (Å²) < 4.78 is 0.326. The van der Waals surface area contributed by atoms with Gasteiger partial charge in [-0.2, -0.15) is 0 Å². The Hall–Kier alpha value is 0.0700. The molecule has 0 saturated carbocycles. The number of hydrogen-bond donors (Lipinski definition) is 2. The minimum Gasteiger partial charge on any atom is -1.00 e. The SMILES string of the molecule is C[Si]1(C)C2=C(NC(=O)CO)[CH]([Zr+2])c3cccc1c32.[Cl-].[Cl-]. The van der Waals surface area contributed by atoms with Crippen molar-refractivity contribution < 1.29 is 59.4 Å². The molecule has 3 rings (SSSR count). The first-order valence-electron chi connectivity index (χ1n) is 5.98. The molecule has 1 amide bonds. The van der Waals surface area contributed by atoms with Gasteiger partial charge in [0.25, 0.3) is 0 Å². The second-order valence-corrected chi connectivity index (χ2v) is 11.0. The van der Waals surface area contributed by atoms with Crippen LogP contribution in [0.2, 0.25) is 13.1 Å². The molecule has 7 heteroatoms. The van der Waals surface area contributed by atoms with Gasteiger partial charge in [-0.3, -0.25) is 0 Å². The van der Waals surface area contributed by atoms with Crippen molar-refractivity contribution in [1.82, 2.24) is 5.32 Å². The third-order valence-electron chi connectivity index (χ3n) is 3.93. The zero-order valence-corrected chi connectivity index (χ0v) is 16.1. The second kappa shape index (κ2) is 6.05. The predicted octanol–water partition coefficient (Wildman–Crippen LogP) is -5.42.